The first kappa shape index (κ1) is 29.4. The van der Waals surface area contributed by atoms with E-state index in [2.05, 4.69) is 31.1 Å². The maximum Gasteiger partial charge on any atom is 0.339 e. The summed E-state index contributed by atoms with van der Waals surface area (Å²) >= 11 is 7.84. The summed E-state index contributed by atoms with van der Waals surface area (Å²) in [5.74, 6) is -0.275. The molecule has 0 saturated heterocycles. The van der Waals surface area contributed by atoms with Crippen LogP contribution in [0.25, 0.3) is 16.8 Å². The molecule has 0 spiro atoms. The lowest BCUT2D eigenvalue weighted by Gasteiger charge is -2.17. The molecular weight excluding hydrogens is 522 g/mol. The van der Waals surface area contributed by atoms with E-state index < -0.39 is 5.97 Å². The maximum atomic E-state index is 12.1. The van der Waals surface area contributed by atoms with Crippen molar-refractivity contribution in [3.63, 3.8) is 0 Å². The summed E-state index contributed by atoms with van der Waals surface area (Å²) in [4.78, 5) is 22.4. The van der Waals surface area contributed by atoms with Crippen molar-refractivity contribution in [3.05, 3.63) is 69.7 Å². The lowest BCUT2D eigenvalue weighted by atomic mass is 9.90. The second-order valence-electron chi connectivity index (χ2n) is 9.94. The Morgan fingerprint density at radius 1 is 1.24 bits per heavy atom. The lowest BCUT2D eigenvalue weighted by molar-refractivity contribution is 0.0697. The number of methoxy groups -OCH3 is 1. The van der Waals surface area contributed by atoms with E-state index in [1.807, 2.05) is 44.2 Å². The standard InChI is InChI=1S/C29H34ClN3O4S/c1-7-8-9-18(2)20-14-21(27(34)35)26(31-17-20)33-28-32-25(24(38-28)16-29(3,4)5)19-10-11-22(30)23(15-19)37-13-12-36-6/h7-11,14-15,17H,12-13,16H2,1-6H3,(H,34,35)(H,31,32,33)/b8-7-,18-9+. The number of aromatic carboxylic acids is 1. The number of carbonyl (C=O) groups is 1. The molecule has 2 N–H and O–H groups in total. The Labute approximate surface area is 233 Å². The van der Waals surface area contributed by atoms with Gasteiger partial charge in [0.25, 0.3) is 0 Å². The molecule has 0 saturated carbocycles. The molecule has 1 aromatic carbocycles. The van der Waals surface area contributed by atoms with E-state index in [-0.39, 0.29) is 16.8 Å². The molecule has 0 radical (unpaired) electrons. The van der Waals surface area contributed by atoms with Crippen LogP contribution in [0, 0.1) is 5.41 Å². The van der Waals surface area contributed by atoms with Gasteiger partial charge in [-0.1, -0.05) is 56.7 Å². The van der Waals surface area contributed by atoms with Crippen molar-refractivity contribution in [2.75, 3.05) is 25.6 Å². The topological polar surface area (TPSA) is 93.6 Å². The third-order valence-corrected chi connectivity index (χ3v) is 6.76. The van der Waals surface area contributed by atoms with Gasteiger partial charge in [0, 0.05) is 23.7 Å². The summed E-state index contributed by atoms with van der Waals surface area (Å²) in [6.07, 6.45) is 8.17. The Hall–Kier alpha value is -3.20. The molecule has 0 amide bonds. The monoisotopic (exact) mass is 555 g/mol. The fourth-order valence-corrected chi connectivity index (χ4v) is 5.07. The quantitative estimate of drug-likeness (QED) is 0.183. The van der Waals surface area contributed by atoms with Crippen LogP contribution in [-0.2, 0) is 11.2 Å². The molecule has 0 fully saturated rings. The molecule has 202 valence electrons. The number of carboxylic acid groups (broad SMARTS) is 1. The van der Waals surface area contributed by atoms with Crippen LogP contribution in [0.15, 0.2) is 48.7 Å². The van der Waals surface area contributed by atoms with Gasteiger partial charge in [0.05, 0.1) is 17.3 Å². The fourth-order valence-electron chi connectivity index (χ4n) is 3.61. The van der Waals surface area contributed by atoms with Crippen LogP contribution in [0.1, 0.15) is 55.4 Å². The van der Waals surface area contributed by atoms with Crippen molar-refractivity contribution in [3.8, 4) is 17.0 Å². The van der Waals surface area contributed by atoms with Gasteiger partial charge in [0.2, 0.25) is 0 Å². The van der Waals surface area contributed by atoms with Crippen LogP contribution in [0.5, 0.6) is 5.75 Å². The van der Waals surface area contributed by atoms with Crippen molar-refractivity contribution in [2.45, 2.75) is 41.0 Å². The van der Waals surface area contributed by atoms with Crippen molar-refractivity contribution in [1.82, 2.24) is 9.97 Å². The van der Waals surface area contributed by atoms with Crippen LogP contribution >= 0.6 is 22.9 Å². The summed E-state index contributed by atoms with van der Waals surface area (Å²) in [5.41, 5.74) is 3.38. The smallest absolute Gasteiger partial charge is 0.339 e. The lowest BCUT2D eigenvalue weighted by Crippen LogP contribution is -2.08. The molecule has 0 unspecified atom stereocenters. The number of anilines is 2. The minimum Gasteiger partial charge on any atom is -0.490 e. The van der Waals surface area contributed by atoms with Gasteiger partial charge in [-0.25, -0.2) is 14.8 Å². The zero-order valence-electron chi connectivity index (χ0n) is 22.6. The molecule has 0 bridgehead atoms. The third kappa shape index (κ3) is 7.90. The molecule has 0 aliphatic carbocycles. The number of rotatable bonds is 11. The molecule has 2 aromatic heterocycles. The predicted molar refractivity (Wildman–Crippen MR) is 156 cm³/mol. The Balaban J connectivity index is 2.01. The molecule has 3 rings (SSSR count). The number of carboxylic acids is 1. The van der Waals surface area contributed by atoms with Gasteiger partial charge in [-0.2, -0.15) is 0 Å². The molecule has 0 aliphatic heterocycles. The van der Waals surface area contributed by atoms with Crippen LogP contribution in [0.3, 0.4) is 0 Å². The van der Waals surface area contributed by atoms with Gasteiger partial charge in [0.15, 0.2) is 5.13 Å². The number of halogens is 1. The molecular formula is C29H34ClN3O4S. The average molecular weight is 556 g/mol. The molecule has 9 heteroatoms. The fraction of sp³-hybridized carbons (Fsp3) is 0.345. The summed E-state index contributed by atoms with van der Waals surface area (Å²) < 4.78 is 10.9. The van der Waals surface area contributed by atoms with Gasteiger partial charge in [-0.3, -0.25) is 0 Å². The first-order valence-corrected chi connectivity index (χ1v) is 13.4. The second kappa shape index (κ2) is 13.0. The molecule has 0 aliphatic rings. The maximum absolute atomic E-state index is 12.1. The Morgan fingerprint density at radius 2 is 2.00 bits per heavy atom. The zero-order valence-corrected chi connectivity index (χ0v) is 24.2. The summed E-state index contributed by atoms with van der Waals surface area (Å²) in [7, 11) is 1.61. The van der Waals surface area contributed by atoms with Crippen LogP contribution < -0.4 is 10.1 Å². The number of thiazole rings is 1. The number of nitrogens with zero attached hydrogens (tertiary/aromatic N) is 2. The summed E-state index contributed by atoms with van der Waals surface area (Å²) in [5, 5.41) is 14.1. The Kier molecular flexibility index (Phi) is 10.1. The van der Waals surface area contributed by atoms with E-state index in [0.717, 1.165) is 33.7 Å². The zero-order chi connectivity index (χ0) is 27.9. The number of pyridine rings is 1. The van der Waals surface area contributed by atoms with Gasteiger partial charge < -0.3 is 19.9 Å². The number of hydrogen-bond acceptors (Lipinski definition) is 7. The SMILES string of the molecule is C/C=C\C=C(/C)c1cnc(Nc2nc(-c3ccc(Cl)c(OCCOC)c3)c(CC(C)(C)C)s2)c(C(=O)O)c1. The normalized spacial score (nSPS) is 12.2. The summed E-state index contributed by atoms with van der Waals surface area (Å²) in [6, 6.07) is 7.20. The molecule has 7 nitrogen and oxygen atoms in total. The highest BCUT2D eigenvalue weighted by molar-refractivity contribution is 7.16. The molecule has 3 aromatic rings. The van der Waals surface area contributed by atoms with Crippen molar-refractivity contribution in [1.29, 1.82) is 0 Å². The number of nitrogens with one attached hydrogen (secondary N) is 1. The van der Waals surface area contributed by atoms with E-state index in [1.54, 1.807) is 25.4 Å². The number of aromatic nitrogens is 2. The van der Waals surface area contributed by atoms with Crippen molar-refractivity contribution >= 4 is 45.4 Å². The molecule has 0 atom stereocenters. The average Bonchev–Trinajstić information content (AvgIpc) is 3.24. The number of hydrogen-bond donors (Lipinski definition) is 2. The number of allylic oxidation sites excluding steroid dienone is 4. The number of benzene rings is 1. The molecule has 38 heavy (non-hydrogen) atoms. The number of ether oxygens (including phenoxy) is 2. The van der Waals surface area contributed by atoms with Gasteiger partial charge in [0.1, 0.15) is 23.7 Å². The van der Waals surface area contributed by atoms with Crippen molar-refractivity contribution in [2.24, 2.45) is 5.41 Å². The van der Waals surface area contributed by atoms with E-state index in [9.17, 15) is 9.90 Å². The van der Waals surface area contributed by atoms with E-state index in [1.165, 1.54) is 11.3 Å². The van der Waals surface area contributed by atoms with E-state index in [4.69, 9.17) is 26.1 Å². The highest BCUT2D eigenvalue weighted by atomic mass is 35.5. The predicted octanol–water partition coefficient (Wildman–Crippen LogP) is 7.89. The Morgan fingerprint density at radius 3 is 2.66 bits per heavy atom. The minimum atomic E-state index is -1.07. The first-order valence-electron chi connectivity index (χ1n) is 12.2. The largest absolute Gasteiger partial charge is 0.490 e. The third-order valence-electron chi connectivity index (χ3n) is 5.48. The van der Waals surface area contributed by atoms with E-state index >= 15 is 0 Å². The van der Waals surface area contributed by atoms with Crippen LogP contribution in [-0.4, -0.2) is 41.4 Å². The van der Waals surface area contributed by atoms with Gasteiger partial charge in [-0.15, -0.1) is 11.3 Å². The van der Waals surface area contributed by atoms with Gasteiger partial charge in [-0.05, 0) is 55.0 Å². The highest BCUT2D eigenvalue weighted by Crippen LogP contribution is 2.39. The van der Waals surface area contributed by atoms with Crippen LogP contribution in [0.4, 0.5) is 10.9 Å². The van der Waals surface area contributed by atoms with Gasteiger partial charge >= 0.3 is 5.97 Å². The first-order chi connectivity index (χ1) is 18.0. The second-order valence-corrected chi connectivity index (χ2v) is 11.4. The Bertz CT molecular complexity index is 1340. The summed E-state index contributed by atoms with van der Waals surface area (Å²) in [6.45, 7) is 11.2. The minimum absolute atomic E-state index is 0.00565. The van der Waals surface area contributed by atoms with E-state index in [0.29, 0.717) is 29.1 Å². The molecule has 2 heterocycles. The van der Waals surface area contributed by atoms with Crippen LogP contribution in [0.2, 0.25) is 5.02 Å². The van der Waals surface area contributed by atoms with Crippen molar-refractivity contribution < 1.29 is 19.4 Å². The highest BCUT2D eigenvalue weighted by Gasteiger charge is 2.22.